The predicted octanol–water partition coefficient (Wildman–Crippen LogP) is 3.88. The number of benzene rings is 1. The second-order valence-electron chi connectivity index (χ2n) is 2.80. The fourth-order valence-corrected chi connectivity index (χ4v) is 1.53. The SMILES string of the molecule is COC(=O)c1cc(C)c(Br)c(S)c1.[O-][S+](Cl)Cl. The zero-order chi connectivity index (χ0) is 13.6. The van der Waals surface area contributed by atoms with Gasteiger partial charge in [-0.3, -0.25) is 0 Å². The van der Waals surface area contributed by atoms with Gasteiger partial charge in [0, 0.05) is 9.37 Å². The maximum atomic E-state index is 11.2. The number of rotatable bonds is 1. The van der Waals surface area contributed by atoms with Crippen LogP contribution in [0.25, 0.3) is 0 Å². The number of hydrogen-bond acceptors (Lipinski definition) is 4. The first-order valence-corrected chi connectivity index (χ1v) is 8.15. The van der Waals surface area contributed by atoms with Gasteiger partial charge in [-0.05, 0) is 40.5 Å². The van der Waals surface area contributed by atoms with Crippen molar-refractivity contribution >= 4 is 65.5 Å². The molecule has 0 aromatic heterocycles. The molecule has 96 valence electrons. The summed E-state index contributed by atoms with van der Waals surface area (Å²) in [5, 5.41) is 0. The molecule has 0 amide bonds. The van der Waals surface area contributed by atoms with Crippen LogP contribution in [-0.2, 0) is 14.3 Å². The van der Waals surface area contributed by atoms with Crippen LogP contribution in [0.2, 0.25) is 0 Å². The molecule has 17 heavy (non-hydrogen) atoms. The largest absolute Gasteiger partial charge is 0.582 e. The maximum Gasteiger partial charge on any atom is 0.337 e. The van der Waals surface area contributed by atoms with E-state index in [1.54, 1.807) is 12.1 Å². The maximum absolute atomic E-state index is 11.2. The highest BCUT2D eigenvalue weighted by Crippen LogP contribution is 2.26. The van der Waals surface area contributed by atoms with E-state index < -0.39 is 9.60 Å². The van der Waals surface area contributed by atoms with Crippen LogP contribution in [0.1, 0.15) is 15.9 Å². The van der Waals surface area contributed by atoms with Crippen molar-refractivity contribution in [2.24, 2.45) is 0 Å². The third kappa shape index (κ3) is 6.79. The molecule has 0 atom stereocenters. The van der Waals surface area contributed by atoms with Crippen LogP contribution in [-0.4, -0.2) is 17.6 Å². The number of carbonyl (C=O) groups is 1. The summed E-state index contributed by atoms with van der Waals surface area (Å²) < 4.78 is 14.6. The van der Waals surface area contributed by atoms with Crippen molar-refractivity contribution in [1.82, 2.24) is 0 Å². The molecule has 0 aliphatic carbocycles. The van der Waals surface area contributed by atoms with Crippen molar-refractivity contribution in [2.45, 2.75) is 11.8 Å². The minimum atomic E-state index is -1.67. The third-order valence-corrected chi connectivity index (χ3v) is 3.37. The van der Waals surface area contributed by atoms with E-state index in [1.807, 2.05) is 6.92 Å². The average molecular weight is 380 g/mol. The first-order chi connectivity index (χ1) is 7.79. The van der Waals surface area contributed by atoms with Crippen LogP contribution in [0, 0.1) is 6.92 Å². The Morgan fingerprint density at radius 2 is 2.00 bits per heavy atom. The smallest absolute Gasteiger partial charge is 0.337 e. The topological polar surface area (TPSA) is 49.4 Å². The summed E-state index contributed by atoms with van der Waals surface area (Å²) in [6, 6.07) is 3.43. The van der Waals surface area contributed by atoms with Gasteiger partial charge < -0.3 is 9.29 Å². The molecule has 1 aromatic rings. The van der Waals surface area contributed by atoms with E-state index in [9.17, 15) is 4.79 Å². The standard InChI is InChI=1S/C9H9BrO2S.Cl2OS/c1-5-3-6(9(11)12-2)4-7(13)8(5)10;1-4(2)3/h3-4,13H,1-2H3;. The van der Waals surface area contributed by atoms with Crippen molar-refractivity contribution in [3.05, 3.63) is 27.7 Å². The van der Waals surface area contributed by atoms with Gasteiger partial charge in [0.15, 0.2) is 31.0 Å². The van der Waals surface area contributed by atoms with Crippen molar-refractivity contribution in [2.75, 3.05) is 7.11 Å². The molecule has 1 aromatic carbocycles. The molecule has 0 heterocycles. The molecule has 0 aliphatic heterocycles. The van der Waals surface area contributed by atoms with E-state index >= 15 is 0 Å². The molecule has 3 nitrogen and oxygen atoms in total. The van der Waals surface area contributed by atoms with E-state index in [0.29, 0.717) is 5.56 Å². The number of halogens is 3. The van der Waals surface area contributed by atoms with Gasteiger partial charge in [-0.25, -0.2) is 4.79 Å². The van der Waals surface area contributed by atoms with Crippen LogP contribution in [0.3, 0.4) is 0 Å². The molecule has 0 saturated heterocycles. The number of ether oxygens (including phenoxy) is 1. The molecule has 1 rings (SSSR count). The highest BCUT2D eigenvalue weighted by molar-refractivity contribution is 9.10. The minimum Gasteiger partial charge on any atom is -0.582 e. The van der Waals surface area contributed by atoms with Crippen molar-refractivity contribution in [1.29, 1.82) is 0 Å². The molecule has 0 N–H and O–H groups in total. The van der Waals surface area contributed by atoms with Gasteiger partial charge in [-0.1, -0.05) is 0 Å². The molecule has 0 spiro atoms. The van der Waals surface area contributed by atoms with Gasteiger partial charge in [0.05, 0.1) is 12.7 Å². The number of methoxy groups -OCH3 is 1. The Labute approximate surface area is 126 Å². The summed E-state index contributed by atoms with van der Waals surface area (Å²) in [6.45, 7) is 1.90. The lowest BCUT2D eigenvalue weighted by Crippen LogP contribution is -2.01. The van der Waals surface area contributed by atoms with E-state index in [-0.39, 0.29) is 5.97 Å². The van der Waals surface area contributed by atoms with Crippen LogP contribution >= 0.6 is 49.9 Å². The number of carbonyl (C=O) groups excluding carboxylic acids is 1. The Morgan fingerprint density at radius 3 is 2.35 bits per heavy atom. The van der Waals surface area contributed by atoms with Crippen molar-refractivity contribution in [3.8, 4) is 0 Å². The molecule has 0 aliphatic rings. The quantitative estimate of drug-likeness (QED) is 0.457. The molecule has 8 heteroatoms. The lowest BCUT2D eigenvalue weighted by molar-refractivity contribution is 0.0600. The highest BCUT2D eigenvalue weighted by atomic mass is 79.9. The zero-order valence-electron chi connectivity index (χ0n) is 8.87. The first kappa shape index (κ1) is 17.4. The first-order valence-electron chi connectivity index (χ1n) is 4.11. The number of esters is 1. The zero-order valence-corrected chi connectivity index (χ0v) is 13.7. The van der Waals surface area contributed by atoms with E-state index in [4.69, 9.17) is 4.55 Å². The van der Waals surface area contributed by atoms with E-state index in [0.717, 1.165) is 14.9 Å². The molecule has 0 unspecified atom stereocenters. The summed E-state index contributed by atoms with van der Waals surface area (Å²) >= 11 is 7.57. The van der Waals surface area contributed by atoms with E-state index in [2.05, 4.69) is 54.7 Å². The second-order valence-corrected chi connectivity index (χ2v) is 6.60. The third-order valence-electron chi connectivity index (χ3n) is 1.66. The van der Waals surface area contributed by atoms with Gasteiger partial charge >= 0.3 is 5.97 Å². The Kier molecular flexibility index (Phi) is 8.71. The van der Waals surface area contributed by atoms with Crippen LogP contribution < -0.4 is 0 Å². The Morgan fingerprint density at radius 1 is 1.53 bits per heavy atom. The molecular formula is C9H9BrCl2O3S2. The highest BCUT2D eigenvalue weighted by Gasteiger charge is 2.09. The van der Waals surface area contributed by atoms with Gasteiger partial charge in [0.2, 0.25) is 0 Å². The van der Waals surface area contributed by atoms with Gasteiger partial charge in [0.25, 0.3) is 0 Å². The summed E-state index contributed by atoms with van der Waals surface area (Å²) in [7, 11) is 8.72. The van der Waals surface area contributed by atoms with Crippen LogP contribution in [0.5, 0.6) is 0 Å². The fourth-order valence-electron chi connectivity index (χ4n) is 0.987. The lowest BCUT2D eigenvalue weighted by atomic mass is 10.1. The molecule has 0 bridgehead atoms. The number of aryl methyl sites for hydroxylation is 1. The Balaban J connectivity index is 0.000000557. The Bertz CT molecular complexity index is 376. The van der Waals surface area contributed by atoms with Crippen molar-refractivity contribution < 1.29 is 14.1 Å². The van der Waals surface area contributed by atoms with Crippen LogP contribution in [0.15, 0.2) is 21.5 Å². The van der Waals surface area contributed by atoms with Crippen LogP contribution in [0.4, 0.5) is 0 Å². The molecule has 0 radical (unpaired) electrons. The summed E-state index contributed by atoms with van der Waals surface area (Å²) in [4.78, 5) is 11.9. The van der Waals surface area contributed by atoms with Gasteiger partial charge in [0.1, 0.15) is 0 Å². The summed E-state index contributed by atoms with van der Waals surface area (Å²) in [5.41, 5.74) is 1.49. The predicted molar refractivity (Wildman–Crippen MR) is 77.3 cm³/mol. The van der Waals surface area contributed by atoms with Crippen molar-refractivity contribution in [3.63, 3.8) is 0 Å². The van der Waals surface area contributed by atoms with Gasteiger partial charge in [-0.2, -0.15) is 0 Å². The summed E-state index contributed by atoms with van der Waals surface area (Å²) in [5.74, 6) is -0.342. The van der Waals surface area contributed by atoms with Gasteiger partial charge in [-0.15, -0.1) is 12.6 Å². The lowest BCUT2D eigenvalue weighted by Gasteiger charge is -2.05. The molecular weight excluding hydrogens is 371 g/mol. The molecule has 0 fully saturated rings. The summed E-state index contributed by atoms with van der Waals surface area (Å²) in [6.07, 6.45) is 0. The average Bonchev–Trinajstić information content (AvgIpc) is 2.23. The normalized spacial score (nSPS) is 9.65. The fraction of sp³-hybridized carbons (Fsp3) is 0.222. The number of hydrogen-bond donors (Lipinski definition) is 1. The second kappa shape index (κ2) is 8.50. The van der Waals surface area contributed by atoms with E-state index in [1.165, 1.54) is 7.11 Å². The minimum absolute atomic E-state index is 0.342. The Hall–Kier alpha value is 0.410. The monoisotopic (exact) mass is 378 g/mol. The molecule has 0 saturated carbocycles. The number of thiol groups is 1.